The largest absolute Gasteiger partial charge is 0.463 e. The molecule has 0 aliphatic heterocycles. The number of nitrogens with two attached hydrogens (primary N) is 1. The number of carbonyl (C=O) groups excluding carboxylic acids is 1. The molecule has 1 aromatic carbocycles. The van der Waals surface area contributed by atoms with E-state index in [2.05, 4.69) is 4.98 Å². The molecule has 0 amide bonds. The number of hydrogen-bond acceptors (Lipinski definition) is 6. The van der Waals surface area contributed by atoms with Crippen molar-refractivity contribution in [3.05, 3.63) is 65.7 Å². The maximum Gasteiger partial charge on any atom is 0.355 e. The van der Waals surface area contributed by atoms with E-state index in [1.165, 1.54) is 11.3 Å². The summed E-state index contributed by atoms with van der Waals surface area (Å²) in [7, 11) is 0. The zero-order chi connectivity index (χ0) is 16.5. The van der Waals surface area contributed by atoms with Crippen LogP contribution >= 0.6 is 11.3 Å². The van der Waals surface area contributed by atoms with E-state index in [0.717, 1.165) is 5.39 Å². The van der Waals surface area contributed by atoms with E-state index in [4.69, 9.17) is 14.9 Å². The van der Waals surface area contributed by atoms with E-state index in [9.17, 15) is 4.79 Å². The Bertz CT molecular complexity index is 1010. The van der Waals surface area contributed by atoms with Crippen molar-refractivity contribution in [1.82, 2.24) is 4.98 Å². The van der Waals surface area contributed by atoms with E-state index in [1.807, 2.05) is 24.3 Å². The van der Waals surface area contributed by atoms with Crippen LogP contribution in [0.5, 0.6) is 5.75 Å². The van der Waals surface area contributed by atoms with Crippen molar-refractivity contribution >= 4 is 33.2 Å². The fourth-order valence-corrected chi connectivity index (χ4v) is 3.32. The Hall–Kier alpha value is -3.12. The van der Waals surface area contributed by atoms with Crippen molar-refractivity contribution in [1.29, 1.82) is 0 Å². The number of thiophene rings is 1. The summed E-state index contributed by atoms with van der Waals surface area (Å²) < 4.78 is 10.7. The van der Waals surface area contributed by atoms with Crippen molar-refractivity contribution in [2.24, 2.45) is 0 Å². The number of anilines is 1. The third kappa shape index (κ3) is 2.53. The molecule has 4 rings (SSSR count). The van der Waals surface area contributed by atoms with Gasteiger partial charge in [-0.2, -0.15) is 0 Å². The average molecular weight is 336 g/mol. The zero-order valence-electron chi connectivity index (χ0n) is 12.4. The van der Waals surface area contributed by atoms with Crippen LogP contribution in [0.15, 0.2) is 65.3 Å². The highest BCUT2D eigenvalue weighted by atomic mass is 32.1. The topological polar surface area (TPSA) is 78.4 Å². The number of nitrogen functional groups attached to an aromatic ring is 1. The Morgan fingerprint density at radius 3 is 2.67 bits per heavy atom. The van der Waals surface area contributed by atoms with Crippen molar-refractivity contribution in [3.63, 3.8) is 0 Å². The Labute approximate surface area is 141 Å². The maximum absolute atomic E-state index is 12.4. The Morgan fingerprint density at radius 1 is 1.08 bits per heavy atom. The first-order valence-corrected chi connectivity index (χ1v) is 8.04. The standard InChI is InChI=1S/C18H12N2O3S/c19-15-12-8-9-13(14-7-4-10-22-14)20-17(12)24-16(15)18(21)23-11-5-2-1-3-6-11/h1-10H,19H2. The number of esters is 1. The molecule has 24 heavy (non-hydrogen) atoms. The summed E-state index contributed by atoms with van der Waals surface area (Å²) in [4.78, 5) is 17.9. The van der Waals surface area contributed by atoms with Gasteiger partial charge in [0.15, 0.2) is 5.76 Å². The lowest BCUT2D eigenvalue weighted by Crippen LogP contribution is -2.08. The molecule has 0 fully saturated rings. The molecule has 2 N–H and O–H groups in total. The smallest absolute Gasteiger partial charge is 0.355 e. The molecule has 0 aliphatic rings. The van der Waals surface area contributed by atoms with Gasteiger partial charge in [-0.1, -0.05) is 18.2 Å². The van der Waals surface area contributed by atoms with Gasteiger partial charge in [0.05, 0.1) is 12.0 Å². The molecule has 118 valence electrons. The van der Waals surface area contributed by atoms with Crippen LogP contribution in [0.2, 0.25) is 0 Å². The van der Waals surface area contributed by atoms with E-state index in [1.54, 1.807) is 36.6 Å². The lowest BCUT2D eigenvalue weighted by Gasteiger charge is -2.02. The van der Waals surface area contributed by atoms with Crippen LogP contribution < -0.4 is 10.5 Å². The molecule has 0 aliphatic carbocycles. The second-order valence-electron chi connectivity index (χ2n) is 5.07. The van der Waals surface area contributed by atoms with Crippen LogP contribution in [-0.4, -0.2) is 11.0 Å². The summed E-state index contributed by atoms with van der Waals surface area (Å²) in [5, 5.41) is 0.732. The summed E-state index contributed by atoms with van der Waals surface area (Å²) in [6.45, 7) is 0. The zero-order valence-corrected chi connectivity index (χ0v) is 13.2. The molecule has 0 unspecified atom stereocenters. The second-order valence-corrected chi connectivity index (χ2v) is 6.07. The summed E-state index contributed by atoms with van der Waals surface area (Å²) >= 11 is 1.21. The van der Waals surface area contributed by atoms with Crippen molar-refractivity contribution in [2.45, 2.75) is 0 Å². The number of hydrogen-bond donors (Lipinski definition) is 1. The normalized spacial score (nSPS) is 10.8. The number of ether oxygens (including phenoxy) is 1. The number of furan rings is 1. The highest BCUT2D eigenvalue weighted by molar-refractivity contribution is 7.21. The molecule has 0 spiro atoms. The minimum absolute atomic E-state index is 0.345. The third-order valence-electron chi connectivity index (χ3n) is 3.51. The first-order chi connectivity index (χ1) is 11.7. The van der Waals surface area contributed by atoms with Gasteiger partial charge in [0.1, 0.15) is 21.2 Å². The van der Waals surface area contributed by atoms with Crippen LogP contribution in [0.25, 0.3) is 21.7 Å². The van der Waals surface area contributed by atoms with Crippen LogP contribution in [-0.2, 0) is 0 Å². The number of benzene rings is 1. The first-order valence-electron chi connectivity index (χ1n) is 7.22. The number of rotatable bonds is 3. The SMILES string of the molecule is Nc1c(C(=O)Oc2ccccc2)sc2nc(-c3ccco3)ccc12. The molecule has 3 aromatic heterocycles. The number of nitrogens with zero attached hydrogens (tertiary/aromatic N) is 1. The van der Waals surface area contributed by atoms with E-state index >= 15 is 0 Å². The number of aromatic nitrogens is 1. The van der Waals surface area contributed by atoms with Gasteiger partial charge in [0.25, 0.3) is 0 Å². The molecule has 0 radical (unpaired) electrons. The summed E-state index contributed by atoms with van der Waals surface area (Å²) in [5.74, 6) is 0.655. The van der Waals surface area contributed by atoms with Crippen molar-refractivity contribution < 1.29 is 13.9 Å². The molecular formula is C18H12N2O3S. The molecular weight excluding hydrogens is 324 g/mol. The predicted octanol–water partition coefficient (Wildman–Crippen LogP) is 4.36. The van der Waals surface area contributed by atoms with E-state index < -0.39 is 5.97 Å². The molecule has 4 aromatic rings. The van der Waals surface area contributed by atoms with Gasteiger partial charge in [-0.15, -0.1) is 11.3 Å². The van der Waals surface area contributed by atoms with Crippen LogP contribution in [0, 0.1) is 0 Å². The number of para-hydroxylation sites is 1. The van der Waals surface area contributed by atoms with Gasteiger partial charge in [-0.05, 0) is 36.4 Å². The molecule has 0 atom stereocenters. The summed E-state index contributed by atoms with van der Waals surface area (Å²) in [6, 6.07) is 16.2. The fourth-order valence-electron chi connectivity index (χ4n) is 2.35. The van der Waals surface area contributed by atoms with Gasteiger partial charge < -0.3 is 14.9 Å². The first kappa shape index (κ1) is 14.5. The van der Waals surface area contributed by atoms with Crippen LogP contribution in [0.1, 0.15) is 9.67 Å². The number of pyridine rings is 1. The molecule has 6 heteroatoms. The number of carbonyl (C=O) groups is 1. The lowest BCUT2D eigenvalue weighted by atomic mass is 10.2. The lowest BCUT2D eigenvalue weighted by molar-refractivity contribution is 0.0741. The molecule has 0 saturated carbocycles. The molecule has 3 heterocycles. The Kier molecular flexibility index (Phi) is 3.51. The molecule has 0 bridgehead atoms. The highest BCUT2D eigenvalue weighted by Gasteiger charge is 2.20. The monoisotopic (exact) mass is 336 g/mol. The van der Waals surface area contributed by atoms with Gasteiger partial charge in [-0.3, -0.25) is 0 Å². The number of fused-ring (bicyclic) bond motifs is 1. The van der Waals surface area contributed by atoms with E-state index in [-0.39, 0.29) is 0 Å². The minimum atomic E-state index is -0.485. The summed E-state index contributed by atoms with van der Waals surface area (Å²) in [6.07, 6.45) is 1.59. The van der Waals surface area contributed by atoms with Crippen LogP contribution in [0.3, 0.4) is 0 Å². The third-order valence-corrected chi connectivity index (χ3v) is 4.60. The van der Waals surface area contributed by atoms with Gasteiger partial charge in [0, 0.05) is 5.39 Å². The minimum Gasteiger partial charge on any atom is -0.463 e. The quantitative estimate of drug-likeness (QED) is 0.444. The fraction of sp³-hybridized carbons (Fsp3) is 0. The van der Waals surface area contributed by atoms with Gasteiger partial charge >= 0.3 is 5.97 Å². The van der Waals surface area contributed by atoms with Crippen LogP contribution in [0.4, 0.5) is 5.69 Å². The Morgan fingerprint density at radius 2 is 1.92 bits per heavy atom. The maximum atomic E-state index is 12.4. The van der Waals surface area contributed by atoms with Crippen molar-refractivity contribution in [3.8, 4) is 17.2 Å². The Balaban J connectivity index is 1.71. The van der Waals surface area contributed by atoms with E-state index in [0.29, 0.717) is 32.6 Å². The van der Waals surface area contributed by atoms with Crippen molar-refractivity contribution in [2.75, 3.05) is 5.73 Å². The highest BCUT2D eigenvalue weighted by Crippen LogP contribution is 2.34. The van der Waals surface area contributed by atoms with Gasteiger partial charge in [0.2, 0.25) is 0 Å². The second kappa shape index (κ2) is 5.82. The molecule has 5 nitrogen and oxygen atoms in total. The summed E-state index contributed by atoms with van der Waals surface area (Å²) in [5.41, 5.74) is 7.18. The predicted molar refractivity (Wildman–Crippen MR) is 93.1 cm³/mol. The molecule has 0 saturated heterocycles. The average Bonchev–Trinajstić information content (AvgIpc) is 3.24. The van der Waals surface area contributed by atoms with Gasteiger partial charge in [-0.25, -0.2) is 9.78 Å².